The second kappa shape index (κ2) is 6.17. The lowest BCUT2D eigenvalue weighted by Crippen LogP contribution is -2.12. The lowest BCUT2D eigenvalue weighted by atomic mass is 10.2. The Hall–Kier alpha value is -1.39. The summed E-state index contributed by atoms with van der Waals surface area (Å²) >= 11 is 8.88. The number of nitrogens with one attached hydrogen (secondary N) is 1. The van der Waals surface area contributed by atoms with E-state index < -0.39 is 5.82 Å². The van der Waals surface area contributed by atoms with Crippen LogP contribution in [-0.4, -0.2) is 5.91 Å². The highest BCUT2D eigenvalue weighted by Gasteiger charge is 2.09. The third-order valence-corrected chi connectivity index (χ3v) is 3.23. The second-order valence-electron chi connectivity index (χ2n) is 3.95. The molecule has 0 atom stereocenters. The highest BCUT2D eigenvalue weighted by molar-refractivity contribution is 9.10. The van der Waals surface area contributed by atoms with Crippen molar-refractivity contribution in [3.8, 4) is 0 Å². The maximum Gasteiger partial charge on any atom is 0.255 e. The van der Waals surface area contributed by atoms with Gasteiger partial charge in [0, 0.05) is 21.6 Å². The maximum atomic E-state index is 13.2. The molecule has 1 N–H and O–H groups in total. The van der Waals surface area contributed by atoms with E-state index in [1.807, 2.05) is 6.07 Å². The number of hydrogen-bond donors (Lipinski definition) is 1. The van der Waals surface area contributed by atoms with E-state index >= 15 is 0 Å². The first-order chi connectivity index (χ1) is 9.08. The van der Waals surface area contributed by atoms with Crippen molar-refractivity contribution >= 4 is 39.1 Å². The van der Waals surface area contributed by atoms with Gasteiger partial charge in [0.15, 0.2) is 0 Å². The van der Waals surface area contributed by atoms with Gasteiger partial charge in [-0.3, -0.25) is 4.79 Å². The van der Waals surface area contributed by atoms with Gasteiger partial charge in [-0.1, -0.05) is 28.1 Å². The fourth-order valence-electron chi connectivity index (χ4n) is 1.62. The molecule has 0 fully saturated rings. The van der Waals surface area contributed by atoms with Gasteiger partial charge in [-0.15, -0.1) is 11.6 Å². The van der Waals surface area contributed by atoms with Crippen LogP contribution in [0, 0.1) is 5.82 Å². The van der Waals surface area contributed by atoms with Gasteiger partial charge in [0.05, 0.1) is 0 Å². The van der Waals surface area contributed by atoms with Crippen LogP contribution in [-0.2, 0) is 5.88 Å². The van der Waals surface area contributed by atoms with E-state index in [4.69, 9.17) is 11.6 Å². The number of halogens is 3. The van der Waals surface area contributed by atoms with Crippen molar-refractivity contribution in [2.24, 2.45) is 0 Å². The Bertz CT molecular complexity index is 598. The SMILES string of the molecule is O=C(Nc1cccc(CCl)c1)c1cc(F)cc(Br)c1. The van der Waals surface area contributed by atoms with Gasteiger partial charge in [0.2, 0.25) is 0 Å². The van der Waals surface area contributed by atoms with E-state index in [-0.39, 0.29) is 11.5 Å². The number of rotatable bonds is 3. The van der Waals surface area contributed by atoms with Gasteiger partial charge < -0.3 is 5.32 Å². The van der Waals surface area contributed by atoms with Gasteiger partial charge in [-0.25, -0.2) is 4.39 Å². The molecular weight excluding hydrogens is 333 g/mol. The summed E-state index contributed by atoms with van der Waals surface area (Å²) in [6, 6.07) is 11.2. The summed E-state index contributed by atoms with van der Waals surface area (Å²) in [5.74, 6) is -0.462. The molecule has 5 heteroatoms. The first kappa shape index (κ1) is 14.0. The Morgan fingerprint density at radius 3 is 2.74 bits per heavy atom. The van der Waals surface area contributed by atoms with Crippen molar-refractivity contribution in [3.63, 3.8) is 0 Å². The van der Waals surface area contributed by atoms with Crippen molar-refractivity contribution in [1.82, 2.24) is 0 Å². The number of carbonyl (C=O) groups excluding carboxylic acids is 1. The molecule has 19 heavy (non-hydrogen) atoms. The summed E-state index contributed by atoms with van der Waals surface area (Å²) < 4.78 is 13.7. The Morgan fingerprint density at radius 2 is 2.05 bits per heavy atom. The summed E-state index contributed by atoms with van der Waals surface area (Å²) in [5.41, 5.74) is 1.78. The van der Waals surface area contributed by atoms with E-state index in [1.54, 1.807) is 24.3 Å². The molecule has 0 aliphatic carbocycles. The molecule has 2 aromatic carbocycles. The summed E-state index contributed by atoms with van der Waals surface area (Å²) in [4.78, 5) is 12.0. The number of alkyl halides is 1. The first-order valence-electron chi connectivity index (χ1n) is 5.51. The Morgan fingerprint density at radius 1 is 1.26 bits per heavy atom. The van der Waals surface area contributed by atoms with E-state index in [2.05, 4.69) is 21.2 Å². The summed E-state index contributed by atoms with van der Waals surface area (Å²) in [6.45, 7) is 0. The Kier molecular flexibility index (Phi) is 4.56. The van der Waals surface area contributed by atoms with Crippen LogP contribution in [0.4, 0.5) is 10.1 Å². The maximum absolute atomic E-state index is 13.2. The van der Waals surface area contributed by atoms with Crippen LogP contribution in [0.1, 0.15) is 15.9 Å². The third-order valence-electron chi connectivity index (χ3n) is 2.46. The molecule has 0 aromatic heterocycles. The van der Waals surface area contributed by atoms with Crippen LogP contribution in [0.3, 0.4) is 0 Å². The predicted octanol–water partition coefficient (Wildman–Crippen LogP) is 4.58. The molecule has 0 saturated heterocycles. The number of hydrogen-bond acceptors (Lipinski definition) is 1. The molecule has 0 aliphatic rings. The average Bonchev–Trinajstić information content (AvgIpc) is 2.37. The van der Waals surface area contributed by atoms with Crippen LogP contribution in [0.25, 0.3) is 0 Å². The highest BCUT2D eigenvalue weighted by Crippen LogP contribution is 2.17. The van der Waals surface area contributed by atoms with Crippen molar-refractivity contribution in [3.05, 3.63) is 63.9 Å². The zero-order chi connectivity index (χ0) is 13.8. The van der Waals surface area contributed by atoms with E-state index in [1.165, 1.54) is 12.1 Å². The van der Waals surface area contributed by atoms with Crippen molar-refractivity contribution in [2.75, 3.05) is 5.32 Å². The molecule has 0 aliphatic heterocycles. The van der Waals surface area contributed by atoms with Crippen molar-refractivity contribution < 1.29 is 9.18 Å². The molecule has 0 heterocycles. The first-order valence-corrected chi connectivity index (χ1v) is 6.83. The zero-order valence-electron chi connectivity index (χ0n) is 9.79. The molecule has 2 rings (SSSR count). The van der Waals surface area contributed by atoms with Crippen molar-refractivity contribution in [1.29, 1.82) is 0 Å². The van der Waals surface area contributed by atoms with Gasteiger partial charge in [0.1, 0.15) is 5.82 Å². The largest absolute Gasteiger partial charge is 0.322 e. The summed E-state index contributed by atoms with van der Waals surface area (Å²) in [6.07, 6.45) is 0. The lowest BCUT2D eigenvalue weighted by molar-refractivity contribution is 0.102. The topological polar surface area (TPSA) is 29.1 Å². The minimum Gasteiger partial charge on any atom is -0.322 e. The predicted molar refractivity (Wildman–Crippen MR) is 78.1 cm³/mol. The number of anilines is 1. The molecule has 2 nitrogen and oxygen atoms in total. The van der Waals surface area contributed by atoms with Crippen LogP contribution in [0.2, 0.25) is 0 Å². The van der Waals surface area contributed by atoms with Gasteiger partial charge >= 0.3 is 0 Å². The molecule has 2 aromatic rings. The fourth-order valence-corrected chi connectivity index (χ4v) is 2.25. The Balaban J connectivity index is 2.20. The van der Waals surface area contributed by atoms with Crippen molar-refractivity contribution in [2.45, 2.75) is 5.88 Å². The minimum atomic E-state index is -0.464. The van der Waals surface area contributed by atoms with Gasteiger partial charge in [-0.2, -0.15) is 0 Å². The number of benzene rings is 2. The monoisotopic (exact) mass is 341 g/mol. The van der Waals surface area contributed by atoms with Crippen LogP contribution in [0.15, 0.2) is 46.9 Å². The molecule has 0 spiro atoms. The molecule has 1 amide bonds. The fraction of sp³-hybridized carbons (Fsp3) is 0.0714. The normalized spacial score (nSPS) is 10.3. The van der Waals surface area contributed by atoms with Gasteiger partial charge in [0.25, 0.3) is 5.91 Å². The summed E-state index contributed by atoms with van der Waals surface area (Å²) in [5, 5.41) is 2.70. The molecule has 0 unspecified atom stereocenters. The van der Waals surface area contributed by atoms with E-state index in [0.717, 1.165) is 5.56 Å². The third kappa shape index (κ3) is 3.78. The molecule has 98 valence electrons. The van der Waals surface area contributed by atoms with Gasteiger partial charge in [-0.05, 0) is 35.9 Å². The molecule has 0 saturated carbocycles. The second-order valence-corrected chi connectivity index (χ2v) is 5.13. The zero-order valence-corrected chi connectivity index (χ0v) is 12.1. The Labute approximate surface area is 123 Å². The van der Waals surface area contributed by atoms with E-state index in [9.17, 15) is 9.18 Å². The lowest BCUT2D eigenvalue weighted by Gasteiger charge is -2.07. The molecule has 0 bridgehead atoms. The molecular formula is C14H10BrClFNO. The highest BCUT2D eigenvalue weighted by atomic mass is 79.9. The number of amides is 1. The smallest absolute Gasteiger partial charge is 0.255 e. The standard InChI is InChI=1S/C14H10BrClFNO/c15-11-5-10(6-12(17)7-11)14(19)18-13-3-1-2-9(4-13)8-16/h1-7H,8H2,(H,18,19). The quantitative estimate of drug-likeness (QED) is 0.813. The van der Waals surface area contributed by atoms with Crippen LogP contribution in [0.5, 0.6) is 0 Å². The van der Waals surface area contributed by atoms with Crippen LogP contribution >= 0.6 is 27.5 Å². The summed E-state index contributed by atoms with van der Waals surface area (Å²) in [7, 11) is 0. The van der Waals surface area contributed by atoms with Crippen LogP contribution < -0.4 is 5.32 Å². The average molecular weight is 343 g/mol. The van der Waals surface area contributed by atoms with E-state index in [0.29, 0.717) is 16.0 Å². The molecule has 0 radical (unpaired) electrons. The number of carbonyl (C=O) groups is 1. The minimum absolute atomic E-state index is 0.253.